The first-order valence-electron chi connectivity index (χ1n) is 10.5. The number of aryl methyl sites for hydroxylation is 1. The van der Waals surface area contributed by atoms with E-state index in [9.17, 15) is 4.79 Å². The standard InChI is InChI=1S/C24H29ClN2O/c1-18-8-9-20(16-23(18)25)22-7-3-2-6-21(22)17-26-14-10-19(11-15-26)24(28)27-12-4-5-13-27/h2-3,6-9,16,19H,4-5,10-15,17H2,1H3. The second-order valence-electron chi connectivity index (χ2n) is 8.20. The summed E-state index contributed by atoms with van der Waals surface area (Å²) < 4.78 is 0. The monoisotopic (exact) mass is 396 g/mol. The van der Waals surface area contributed by atoms with Crippen LogP contribution in [-0.4, -0.2) is 41.9 Å². The van der Waals surface area contributed by atoms with Crippen LogP contribution < -0.4 is 0 Å². The highest BCUT2D eigenvalue weighted by Gasteiger charge is 2.29. The van der Waals surface area contributed by atoms with Crippen LogP contribution in [-0.2, 0) is 11.3 Å². The van der Waals surface area contributed by atoms with Gasteiger partial charge in [0, 0.05) is 30.6 Å². The zero-order valence-corrected chi connectivity index (χ0v) is 17.4. The van der Waals surface area contributed by atoms with Crippen molar-refractivity contribution in [2.45, 2.75) is 39.2 Å². The van der Waals surface area contributed by atoms with Crippen LogP contribution in [0.2, 0.25) is 5.02 Å². The van der Waals surface area contributed by atoms with Crippen molar-refractivity contribution in [3.63, 3.8) is 0 Å². The van der Waals surface area contributed by atoms with Crippen molar-refractivity contribution >= 4 is 17.5 Å². The zero-order chi connectivity index (χ0) is 19.5. The Kier molecular flexibility index (Phi) is 6.03. The first-order valence-corrected chi connectivity index (χ1v) is 10.8. The second kappa shape index (κ2) is 8.67. The Morgan fingerprint density at radius 3 is 2.46 bits per heavy atom. The smallest absolute Gasteiger partial charge is 0.225 e. The number of hydrogen-bond acceptors (Lipinski definition) is 2. The van der Waals surface area contributed by atoms with E-state index in [0.29, 0.717) is 5.91 Å². The Labute approximate surface area is 173 Å². The first-order chi connectivity index (χ1) is 13.6. The van der Waals surface area contributed by atoms with E-state index in [1.807, 2.05) is 6.92 Å². The van der Waals surface area contributed by atoms with Crippen molar-refractivity contribution in [2.24, 2.45) is 5.92 Å². The second-order valence-corrected chi connectivity index (χ2v) is 8.61. The maximum Gasteiger partial charge on any atom is 0.225 e. The van der Waals surface area contributed by atoms with Crippen molar-refractivity contribution in [1.29, 1.82) is 0 Å². The number of amides is 1. The van der Waals surface area contributed by atoms with Crippen LogP contribution in [0.15, 0.2) is 42.5 Å². The summed E-state index contributed by atoms with van der Waals surface area (Å²) in [7, 11) is 0. The normalized spacial score (nSPS) is 18.6. The molecule has 2 aliphatic rings. The van der Waals surface area contributed by atoms with Gasteiger partial charge in [0.1, 0.15) is 0 Å². The Balaban J connectivity index is 1.41. The van der Waals surface area contributed by atoms with Gasteiger partial charge in [-0.3, -0.25) is 9.69 Å². The molecule has 3 nitrogen and oxygen atoms in total. The summed E-state index contributed by atoms with van der Waals surface area (Å²) in [6.07, 6.45) is 4.30. The minimum Gasteiger partial charge on any atom is -0.342 e. The number of carbonyl (C=O) groups is 1. The molecule has 0 aliphatic carbocycles. The van der Waals surface area contributed by atoms with Crippen LogP contribution in [0.5, 0.6) is 0 Å². The maximum atomic E-state index is 12.7. The lowest BCUT2D eigenvalue weighted by molar-refractivity contribution is -0.136. The Hall–Kier alpha value is -1.84. The maximum absolute atomic E-state index is 12.7. The fourth-order valence-corrected chi connectivity index (χ4v) is 4.66. The van der Waals surface area contributed by atoms with Gasteiger partial charge in [-0.2, -0.15) is 0 Å². The minimum atomic E-state index is 0.223. The van der Waals surface area contributed by atoms with E-state index in [2.05, 4.69) is 52.3 Å². The summed E-state index contributed by atoms with van der Waals surface area (Å²) in [6, 6.07) is 14.9. The molecular weight excluding hydrogens is 368 g/mol. The highest BCUT2D eigenvalue weighted by atomic mass is 35.5. The summed E-state index contributed by atoms with van der Waals surface area (Å²) in [4.78, 5) is 17.2. The quantitative estimate of drug-likeness (QED) is 0.713. The molecule has 2 saturated heterocycles. The molecule has 0 radical (unpaired) electrons. The lowest BCUT2D eigenvalue weighted by atomic mass is 9.94. The molecule has 0 bridgehead atoms. The molecule has 2 aliphatic heterocycles. The predicted octanol–water partition coefficient (Wildman–Crippen LogP) is 5.15. The lowest BCUT2D eigenvalue weighted by Crippen LogP contribution is -2.41. The van der Waals surface area contributed by atoms with Gasteiger partial charge in [0.2, 0.25) is 5.91 Å². The molecule has 2 aromatic carbocycles. The van der Waals surface area contributed by atoms with Crippen molar-refractivity contribution in [3.8, 4) is 11.1 Å². The van der Waals surface area contributed by atoms with E-state index in [1.165, 1.54) is 29.5 Å². The van der Waals surface area contributed by atoms with Crippen LogP contribution >= 0.6 is 11.6 Å². The number of carbonyl (C=O) groups excluding carboxylic acids is 1. The summed E-state index contributed by atoms with van der Waals surface area (Å²) in [5.74, 6) is 0.618. The number of benzene rings is 2. The van der Waals surface area contributed by atoms with Gasteiger partial charge in [-0.1, -0.05) is 48.0 Å². The summed E-state index contributed by atoms with van der Waals surface area (Å²) >= 11 is 6.36. The Morgan fingerprint density at radius 2 is 1.75 bits per heavy atom. The zero-order valence-electron chi connectivity index (χ0n) is 16.7. The van der Waals surface area contributed by atoms with E-state index < -0.39 is 0 Å². The van der Waals surface area contributed by atoms with Gasteiger partial charge in [0.15, 0.2) is 0 Å². The van der Waals surface area contributed by atoms with Gasteiger partial charge >= 0.3 is 0 Å². The fourth-order valence-electron chi connectivity index (χ4n) is 4.47. The van der Waals surface area contributed by atoms with E-state index in [-0.39, 0.29) is 5.92 Å². The molecule has 148 valence electrons. The van der Waals surface area contributed by atoms with Gasteiger partial charge in [-0.05, 0) is 74.0 Å². The van der Waals surface area contributed by atoms with Crippen molar-refractivity contribution in [3.05, 3.63) is 58.6 Å². The van der Waals surface area contributed by atoms with Gasteiger partial charge in [0.05, 0.1) is 0 Å². The summed E-state index contributed by atoms with van der Waals surface area (Å²) in [5.41, 5.74) is 4.85. The van der Waals surface area contributed by atoms with Gasteiger partial charge in [0.25, 0.3) is 0 Å². The van der Waals surface area contributed by atoms with E-state index >= 15 is 0 Å². The molecule has 0 atom stereocenters. The molecule has 4 heteroatoms. The third-order valence-corrected chi connectivity index (χ3v) is 6.66. The van der Waals surface area contributed by atoms with Gasteiger partial charge < -0.3 is 4.90 Å². The molecule has 2 fully saturated rings. The summed E-state index contributed by atoms with van der Waals surface area (Å²) in [5, 5.41) is 0.813. The van der Waals surface area contributed by atoms with Crippen LogP contribution in [0, 0.1) is 12.8 Å². The van der Waals surface area contributed by atoms with Crippen LogP contribution in [0.4, 0.5) is 0 Å². The number of piperidine rings is 1. The van der Waals surface area contributed by atoms with Crippen molar-refractivity contribution in [2.75, 3.05) is 26.2 Å². The number of nitrogens with zero attached hydrogens (tertiary/aromatic N) is 2. The average molecular weight is 397 g/mol. The Bertz CT molecular complexity index is 836. The van der Waals surface area contributed by atoms with Crippen molar-refractivity contribution < 1.29 is 4.79 Å². The largest absolute Gasteiger partial charge is 0.342 e. The predicted molar refractivity (Wildman–Crippen MR) is 115 cm³/mol. The molecule has 2 aromatic rings. The van der Waals surface area contributed by atoms with E-state index in [0.717, 1.165) is 56.2 Å². The molecule has 0 spiro atoms. The number of rotatable bonds is 4. The molecule has 28 heavy (non-hydrogen) atoms. The topological polar surface area (TPSA) is 23.6 Å². The van der Waals surface area contributed by atoms with E-state index in [4.69, 9.17) is 11.6 Å². The van der Waals surface area contributed by atoms with Gasteiger partial charge in [-0.25, -0.2) is 0 Å². The molecule has 0 aromatic heterocycles. The third kappa shape index (κ3) is 4.26. The highest BCUT2D eigenvalue weighted by Crippen LogP contribution is 2.30. The SMILES string of the molecule is Cc1ccc(-c2ccccc2CN2CCC(C(=O)N3CCCC3)CC2)cc1Cl. The van der Waals surface area contributed by atoms with Crippen molar-refractivity contribution in [1.82, 2.24) is 9.80 Å². The number of halogens is 1. The number of hydrogen-bond donors (Lipinski definition) is 0. The molecule has 2 heterocycles. The first kappa shape index (κ1) is 19.5. The highest BCUT2D eigenvalue weighted by molar-refractivity contribution is 6.31. The van der Waals surface area contributed by atoms with Crippen LogP contribution in [0.3, 0.4) is 0 Å². The molecule has 0 saturated carbocycles. The molecule has 1 amide bonds. The number of likely N-dealkylation sites (tertiary alicyclic amines) is 2. The minimum absolute atomic E-state index is 0.223. The average Bonchev–Trinajstić information content (AvgIpc) is 3.25. The fraction of sp³-hybridized carbons (Fsp3) is 0.458. The Morgan fingerprint density at radius 1 is 1.04 bits per heavy atom. The van der Waals surface area contributed by atoms with Crippen LogP contribution in [0.25, 0.3) is 11.1 Å². The lowest BCUT2D eigenvalue weighted by Gasteiger charge is -2.33. The van der Waals surface area contributed by atoms with Gasteiger partial charge in [-0.15, -0.1) is 0 Å². The molecule has 0 unspecified atom stereocenters. The summed E-state index contributed by atoms with van der Waals surface area (Å²) in [6.45, 7) is 6.87. The molecule has 4 rings (SSSR count). The molecule has 0 N–H and O–H groups in total. The van der Waals surface area contributed by atoms with E-state index in [1.54, 1.807) is 0 Å². The molecular formula is C24H29ClN2O. The van der Waals surface area contributed by atoms with Crippen LogP contribution in [0.1, 0.15) is 36.8 Å². The third-order valence-electron chi connectivity index (χ3n) is 6.25.